The van der Waals surface area contributed by atoms with Gasteiger partial charge in [-0.3, -0.25) is 9.59 Å². The third-order valence-electron chi connectivity index (χ3n) is 4.25. The molecule has 0 unspecified atom stereocenters. The average Bonchev–Trinajstić information content (AvgIpc) is 2.54. The fraction of sp³-hybridized carbons (Fsp3) is 0.529. The zero-order valence-electron chi connectivity index (χ0n) is 14.6. The van der Waals surface area contributed by atoms with Gasteiger partial charge in [-0.1, -0.05) is 30.3 Å². The molecule has 0 radical (unpaired) electrons. The summed E-state index contributed by atoms with van der Waals surface area (Å²) in [7, 11) is -3.19. The molecule has 0 bridgehead atoms. The number of hydrogen-bond donors (Lipinski definition) is 2. The standard InChI is InChI=1S/C17H25N3O4S/c1-13(21)18-16(12-14-6-4-3-5-7-14)17(22)19-15-8-10-20(11-9-15)25(2,23)24/h3-7,15-16H,8-12H2,1-2H3,(H,18,21)(H,19,22)/t16-/m1/s1. The number of sulfonamides is 1. The smallest absolute Gasteiger partial charge is 0.243 e. The maximum Gasteiger partial charge on any atom is 0.243 e. The van der Waals surface area contributed by atoms with Gasteiger partial charge in [0.05, 0.1) is 6.26 Å². The molecular formula is C17H25N3O4S. The Hall–Kier alpha value is -1.93. The molecule has 0 spiro atoms. The molecule has 1 aromatic rings. The Balaban J connectivity index is 1.94. The van der Waals surface area contributed by atoms with E-state index < -0.39 is 16.1 Å². The first-order chi connectivity index (χ1) is 11.8. The first-order valence-electron chi connectivity index (χ1n) is 8.32. The summed E-state index contributed by atoms with van der Waals surface area (Å²) < 4.78 is 24.5. The molecule has 7 nitrogen and oxygen atoms in total. The SMILES string of the molecule is CC(=O)N[C@H](Cc1ccccc1)C(=O)NC1CCN(S(C)(=O)=O)CC1. The topological polar surface area (TPSA) is 95.6 Å². The molecule has 138 valence electrons. The molecular weight excluding hydrogens is 342 g/mol. The molecule has 25 heavy (non-hydrogen) atoms. The van der Waals surface area contributed by atoms with Crippen LogP contribution in [0.25, 0.3) is 0 Å². The number of rotatable bonds is 6. The van der Waals surface area contributed by atoms with E-state index in [1.165, 1.54) is 17.5 Å². The second kappa shape index (κ2) is 8.44. The van der Waals surface area contributed by atoms with Gasteiger partial charge in [0, 0.05) is 32.5 Å². The van der Waals surface area contributed by atoms with Gasteiger partial charge >= 0.3 is 0 Å². The van der Waals surface area contributed by atoms with E-state index in [1.807, 2.05) is 30.3 Å². The third-order valence-corrected chi connectivity index (χ3v) is 5.55. The van der Waals surface area contributed by atoms with Crippen LogP contribution in [0, 0.1) is 0 Å². The van der Waals surface area contributed by atoms with Gasteiger partial charge in [0.2, 0.25) is 21.8 Å². The number of hydrogen-bond acceptors (Lipinski definition) is 4. The Morgan fingerprint density at radius 1 is 1.20 bits per heavy atom. The molecule has 1 fully saturated rings. The Kier molecular flexibility index (Phi) is 6.55. The maximum absolute atomic E-state index is 12.6. The van der Waals surface area contributed by atoms with Crippen molar-refractivity contribution in [1.29, 1.82) is 0 Å². The maximum atomic E-state index is 12.6. The van der Waals surface area contributed by atoms with Crippen LogP contribution in [-0.4, -0.2) is 56.0 Å². The number of carbonyl (C=O) groups excluding carboxylic acids is 2. The van der Waals surface area contributed by atoms with Crippen LogP contribution < -0.4 is 10.6 Å². The lowest BCUT2D eigenvalue weighted by Crippen LogP contribution is -2.53. The number of nitrogens with zero attached hydrogens (tertiary/aromatic N) is 1. The zero-order valence-corrected chi connectivity index (χ0v) is 15.4. The molecule has 1 aliphatic rings. The van der Waals surface area contributed by atoms with Crippen molar-refractivity contribution in [2.75, 3.05) is 19.3 Å². The Morgan fingerprint density at radius 2 is 1.80 bits per heavy atom. The summed E-state index contributed by atoms with van der Waals surface area (Å²) in [5.41, 5.74) is 0.961. The largest absolute Gasteiger partial charge is 0.351 e. The summed E-state index contributed by atoms with van der Waals surface area (Å²) in [6, 6.07) is 8.76. The molecule has 1 aromatic carbocycles. The number of nitrogens with one attached hydrogen (secondary N) is 2. The Morgan fingerprint density at radius 3 is 2.32 bits per heavy atom. The first-order valence-corrected chi connectivity index (χ1v) is 10.2. The molecule has 0 aromatic heterocycles. The molecule has 8 heteroatoms. The van der Waals surface area contributed by atoms with Gasteiger partial charge in [-0.15, -0.1) is 0 Å². The van der Waals surface area contributed by atoms with E-state index >= 15 is 0 Å². The highest BCUT2D eigenvalue weighted by Crippen LogP contribution is 2.13. The van der Waals surface area contributed by atoms with E-state index in [4.69, 9.17) is 0 Å². The van der Waals surface area contributed by atoms with Gasteiger partial charge in [0.1, 0.15) is 6.04 Å². The van der Waals surface area contributed by atoms with E-state index in [0.717, 1.165) is 5.56 Å². The number of benzene rings is 1. The minimum atomic E-state index is -3.19. The van der Waals surface area contributed by atoms with Crippen LogP contribution >= 0.6 is 0 Å². The van der Waals surface area contributed by atoms with Crippen LogP contribution in [0.1, 0.15) is 25.3 Å². The lowest BCUT2D eigenvalue weighted by atomic mass is 10.0. The lowest BCUT2D eigenvalue weighted by Gasteiger charge is -2.31. The Bertz CT molecular complexity index is 698. The fourth-order valence-corrected chi connectivity index (χ4v) is 3.81. The van der Waals surface area contributed by atoms with E-state index in [9.17, 15) is 18.0 Å². The second-order valence-corrected chi connectivity index (χ2v) is 8.37. The third kappa shape index (κ3) is 6.13. The van der Waals surface area contributed by atoms with Gasteiger partial charge in [0.25, 0.3) is 0 Å². The van der Waals surface area contributed by atoms with Crippen molar-refractivity contribution in [3.8, 4) is 0 Å². The predicted molar refractivity (Wildman–Crippen MR) is 95.3 cm³/mol. The van der Waals surface area contributed by atoms with Crippen molar-refractivity contribution in [2.45, 2.75) is 38.3 Å². The van der Waals surface area contributed by atoms with Crippen LogP contribution in [0.2, 0.25) is 0 Å². The van der Waals surface area contributed by atoms with E-state index in [0.29, 0.717) is 32.4 Å². The van der Waals surface area contributed by atoms with E-state index in [1.54, 1.807) is 0 Å². The minimum Gasteiger partial charge on any atom is -0.351 e. The lowest BCUT2D eigenvalue weighted by molar-refractivity contribution is -0.128. The number of piperidine rings is 1. The summed E-state index contributed by atoms with van der Waals surface area (Å²) in [6.45, 7) is 2.18. The molecule has 1 saturated heterocycles. The summed E-state index contributed by atoms with van der Waals surface area (Å²) in [4.78, 5) is 24.0. The average molecular weight is 367 g/mol. The monoisotopic (exact) mass is 367 g/mol. The summed E-state index contributed by atoms with van der Waals surface area (Å²) >= 11 is 0. The number of amides is 2. The van der Waals surface area contributed by atoms with Crippen LogP contribution in [0.5, 0.6) is 0 Å². The van der Waals surface area contributed by atoms with Crippen molar-refractivity contribution in [3.63, 3.8) is 0 Å². The van der Waals surface area contributed by atoms with Crippen LogP contribution in [0.4, 0.5) is 0 Å². The first kappa shape index (κ1) is 19.4. The predicted octanol–water partition coefficient (Wildman–Crippen LogP) is 0.274. The number of carbonyl (C=O) groups is 2. The molecule has 2 N–H and O–H groups in total. The van der Waals surface area contributed by atoms with Crippen molar-refractivity contribution >= 4 is 21.8 Å². The highest BCUT2D eigenvalue weighted by Gasteiger charge is 2.28. The zero-order chi connectivity index (χ0) is 18.4. The molecule has 1 atom stereocenters. The van der Waals surface area contributed by atoms with Gasteiger partial charge in [-0.05, 0) is 18.4 Å². The highest BCUT2D eigenvalue weighted by molar-refractivity contribution is 7.88. The van der Waals surface area contributed by atoms with Gasteiger partial charge in [-0.25, -0.2) is 12.7 Å². The van der Waals surface area contributed by atoms with E-state index in [2.05, 4.69) is 10.6 Å². The second-order valence-electron chi connectivity index (χ2n) is 6.39. The van der Waals surface area contributed by atoms with Gasteiger partial charge in [-0.2, -0.15) is 0 Å². The normalized spacial score (nSPS) is 17.7. The molecule has 0 saturated carbocycles. The van der Waals surface area contributed by atoms with Gasteiger partial charge in [0.15, 0.2) is 0 Å². The van der Waals surface area contributed by atoms with Crippen LogP contribution in [-0.2, 0) is 26.0 Å². The highest BCUT2D eigenvalue weighted by atomic mass is 32.2. The molecule has 1 heterocycles. The summed E-state index contributed by atoms with van der Waals surface area (Å²) in [6.07, 6.45) is 2.74. The fourth-order valence-electron chi connectivity index (χ4n) is 2.94. The summed E-state index contributed by atoms with van der Waals surface area (Å²) in [5, 5.41) is 5.63. The summed E-state index contributed by atoms with van der Waals surface area (Å²) in [5.74, 6) is -0.500. The minimum absolute atomic E-state index is 0.0856. The van der Waals surface area contributed by atoms with Crippen molar-refractivity contribution in [3.05, 3.63) is 35.9 Å². The van der Waals surface area contributed by atoms with E-state index in [-0.39, 0.29) is 17.9 Å². The molecule has 2 rings (SSSR count). The van der Waals surface area contributed by atoms with Crippen molar-refractivity contribution in [2.24, 2.45) is 0 Å². The Labute approximate surface area is 148 Å². The molecule has 2 amide bonds. The van der Waals surface area contributed by atoms with Crippen LogP contribution in [0.3, 0.4) is 0 Å². The van der Waals surface area contributed by atoms with Crippen molar-refractivity contribution < 1.29 is 18.0 Å². The van der Waals surface area contributed by atoms with Crippen molar-refractivity contribution in [1.82, 2.24) is 14.9 Å². The van der Waals surface area contributed by atoms with Crippen LogP contribution in [0.15, 0.2) is 30.3 Å². The van der Waals surface area contributed by atoms with Gasteiger partial charge < -0.3 is 10.6 Å². The molecule has 1 aliphatic heterocycles. The molecule has 0 aliphatic carbocycles. The quantitative estimate of drug-likeness (QED) is 0.755.